The lowest BCUT2D eigenvalue weighted by Crippen LogP contribution is -2.09. The fourth-order valence-electron chi connectivity index (χ4n) is 3.66. The van der Waals surface area contributed by atoms with Crippen LogP contribution in [-0.4, -0.2) is 31.8 Å². The number of benzene rings is 3. The van der Waals surface area contributed by atoms with Crippen LogP contribution in [0.25, 0.3) is 17.5 Å². The van der Waals surface area contributed by atoms with Crippen molar-refractivity contribution in [2.45, 2.75) is 20.0 Å². The number of carbonyl (C=O) groups is 1. The maximum absolute atomic E-state index is 12.5. The van der Waals surface area contributed by atoms with Crippen molar-refractivity contribution in [2.75, 3.05) is 20.8 Å². The second kappa shape index (κ2) is 12.4. The molecule has 0 atom stereocenters. The van der Waals surface area contributed by atoms with E-state index in [-0.39, 0.29) is 12.4 Å². The first-order valence-corrected chi connectivity index (χ1v) is 11.9. The van der Waals surface area contributed by atoms with E-state index < -0.39 is 5.97 Å². The predicted molar refractivity (Wildman–Crippen MR) is 140 cm³/mol. The standard InChI is InChI=1S/C30H29NO6/c1-21-25(31-29(37-21)24-12-8-5-9-13-24)16-17-35-26-15-14-23(18-27(26)33-2)19-28(34-3)30(32)36-20-22-10-6-4-7-11-22/h4-15,18-19H,16-17,20H2,1-3H3. The van der Waals surface area contributed by atoms with Crippen LogP contribution in [0.1, 0.15) is 22.6 Å². The molecule has 0 bridgehead atoms. The lowest BCUT2D eigenvalue weighted by atomic mass is 10.1. The van der Waals surface area contributed by atoms with Gasteiger partial charge in [0.25, 0.3) is 0 Å². The number of aromatic nitrogens is 1. The number of carbonyl (C=O) groups excluding carboxylic acids is 1. The van der Waals surface area contributed by atoms with E-state index in [4.69, 9.17) is 23.4 Å². The molecule has 0 amide bonds. The number of aryl methyl sites for hydroxylation is 1. The molecular weight excluding hydrogens is 470 g/mol. The van der Waals surface area contributed by atoms with Crippen LogP contribution in [0.4, 0.5) is 0 Å². The van der Waals surface area contributed by atoms with Crippen LogP contribution in [0.15, 0.2) is 89.0 Å². The van der Waals surface area contributed by atoms with Crippen molar-refractivity contribution in [1.82, 2.24) is 4.98 Å². The number of hydrogen-bond acceptors (Lipinski definition) is 7. The van der Waals surface area contributed by atoms with Crippen molar-refractivity contribution in [2.24, 2.45) is 0 Å². The third kappa shape index (κ3) is 6.79. The van der Waals surface area contributed by atoms with Gasteiger partial charge in [0.2, 0.25) is 11.6 Å². The van der Waals surface area contributed by atoms with Gasteiger partial charge in [0.1, 0.15) is 12.4 Å². The summed E-state index contributed by atoms with van der Waals surface area (Å²) in [5.74, 6) is 2.00. The zero-order chi connectivity index (χ0) is 26.0. The highest BCUT2D eigenvalue weighted by molar-refractivity contribution is 5.91. The number of hydrogen-bond donors (Lipinski definition) is 0. The number of esters is 1. The fraction of sp³-hybridized carbons (Fsp3) is 0.200. The summed E-state index contributed by atoms with van der Waals surface area (Å²) in [6, 6.07) is 24.6. The summed E-state index contributed by atoms with van der Waals surface area (Å²) in [6.07, 6.45) is 2.18. The summed E-state index contributed by atoms with van der Waals surface area (Å²) in [6.45, 7) is 2.45. The van der Waals surface area contributed by atoms with E-state index in [1.165, 1.54) is 7.11 Å². The summed E-state index contributed by atoms with van der Waals surface area (Å²) >= 11 is 0. The van der Waals surface area contributed by atoms with Crippen molar-refractivity contribution < 1.29 is 28.2 Å². The first-order chi connectivity index (χ1) is 18.1. The second-order valence-corrected chi connectivity index (χ2v) is 8.17. The fourth-order valence-corrected chi connectivity index (χ4v) is 3.66. The van der Waals surface area contributed by atoms with Gasteiger partial charge in [-0.2, -0.15) is 0 Å². The molecule has 1 heterocycles. The van der Waals surface area contributed by atoms with Crippen LogP contribution in [0, 0.1) is 6.92 Å². The zero-order valence-corrected chi connectivity index (χ0v) is 21.1. The molecule has 7 nitrogen and oxygen atoms in total. The Balaban J connectivity index is 1.38. The number of rotatable bonds is 11. The van der Waals surface area contributed by atoms with Gasteiger partial charge >= 0.3 is 5.97 Å². The van der Waals surface area contributed by atoms with Crippen LogP contribution in [0.2, 0.25) is 0 Å². The van der Waals surface area contributed by atoms with Gasteiger partial charge in [-0.1, -0.05) is 54.6 Å². The van der Waals surface area contributed by atoms with Gasteiger partial charge in [-0.15, -0.1) is 0 Å². The molecule has 0 aliphatic heterocycles. The number of ether oxygens (including phenoxy) is 4. The van der Waals surface area contributed by atoms with Crippen molar-refractivity contribution in [3.05, 3.63) is 107 Å². The maximum Gasteiger partial charge on any atom is 0.373 e. The SMILES string of the molecule is COC(=Cc1ccc(OCCc2nc(-c3ccccc3)oc2C)c(OC)c1)C(=O)OCc1ccccc1. The Bertz CT molecular complexity index is 1350. The molecule has 0 aliphatic carbocycles. The highest BCUT2D eigenvalue weighted by Crippen LogP contribution is 2.30. The molecule has 7 heteroatoms. The molecule has 0 N–H and O–H groups in total. The molecule has 0 radical (unpaired) electrons. The lowest BCUT2D eigenvalue weighted by Gasteiger charge is -2.12. The number of oxazole rings is 1. The average Bonchev–Trinajstić information content (AvgIpc) is 3.32. The van der Waals surface area contributed by atoms with Crippen molar-refractivity contribution in [3.63, 3.8) is 0 Å². The topological polar surface area (TPSA) is 80.0 Å². The minimum atomic E-state index is -0.552. The molecule has 190 valence electrons. The Labute approximate surface area is 216 Å². The highest BCUT2D eigenvalue weighted by Gasteiger charge is 2.15. The molecule has 0 unspecified atom stereocenters. The third-order valence-electron chi connectivity index (χ3n) is 5.63. The van der Waals surface area contributed by atoms with E-state index in [1.807, 2.05) is 73.7 Å². The van der Waals surface area contributed by atoms with E-state index in [0.717, 1.165) is 22.6 Å². The Kier molecular flexibility index (Phi) is 8.60. The first kappa shape index (κ1) is 25.6. The van der Waals surface area contributed by atoms with Gasteiger partial charge in [-0.25, -0.2) is 9.78 Å². The predicted octanol–water partition coefficient (Wildman–Crippen LogP) is 6.01. The Hall–Kier alpha value is -4.52. The van der Waals surface area contributed by atoms with E-state index in [9.17, 15) is 4.79 Å². The summed E-state index contributed by atoms with van der Waals surface area (Å²) in [7, 11) is 2.99. The summed E-state index contributed by atoms with van der Waals surface area (Å²) < 4.78 is 27.9. The molecule has 4 rings (SSSR count). The summed E-state index contributed by atoms with van der Waals surface area (Å²) in [4.78, 5) is 17.1. The van der Waals surface area contributed by atoms with Crippen LogP contribution in [0.5, 0.6) is 11.5 Å². The summed E-state index contributed by atoms with van der Waals surface area (Å²) in [5.41, 5.74) is 3.38. The van der Waals surface area contributed by atoms with Gasteiger partial charge in [0, 0.05) is 12.0 Å². The Morgan fingerprint density at radius 3 is 2.38 bits per heavy atom. The molecule has 0 fully saturated rings. The normalized spacial score (nSPS) is 11.2. The molecule has 0 aliphatic rings. The average molecular weight is 500 g/mol. The Morgan fingerprint density at radius 2 is 1.68 bits per heavy atom. The molecule has 4 aromatic rings. The van der Waals surface area contributed by atoms with E-state index in [2.05, 4.69) is 4.98 Å². The number of nitrogens with zero attached hydrogens (tertiary/aromatic N) is 1. The third-order valence-corrected chi connectivity index (χ3v) is 5.63. The van der Waals surface area contributed by atoms with Gasteiger partial charge in [-0.3, -0.25) is 0 Å². The van der Waals surface area contributed by atoms with Gasteiger partial charge < -0.3 is 23.4 Å². The molecule has 0 saturated heterocycles. The molecule has 0 saturated carbocycles. The second-order valence-electron chi connectivity index (χ2n) is 8.17. The van der Waals surface area contributed by atoms with Crippen LogP contribution in [0.3, 0.4) is 0 Å². The smallest absolute Gasteiger partial charge is 0.373 e. The molecular formula is C30H29NO6. The highest BCUT2D eigenvalue weighted by atomic mass is 16.6. The minimum Gasteiger partial charge on any atom is -0.493 e. The van der Waals surface area contributed by atoms with Crippen LogP contribution >= 0.6 is 0 Å². The first-order valence-electron chi connectivity index (χ1n) is 11.9. The molecule has 1 aromatic heterocycles. The zero-order valence-electron chi connectivity index (χ0n) is 21.1. The van der Waals surface area contributed by atoms with Crippen molar-refractivity contribution in [3.8, 4) is 23.0 Å². The lowest BCUT2D eigenvalue weighted by molar-refractivity contribution is -0.143. The van der Waals surface area contributed by atoms with E-state index in [0.29, 0.717) is 36.0 Å². The van der Waals surface area contributed by atoms with Crippen LogP contribution in [-0.2, 0) is 27.3 Å². The number of methoxy groups -OCH3 is 2. The summed E-state index contributed by atoms with van der Waals surface area (Å²) in [5, 5.41) is 0. The maximum atomic E-state index is 12.5. The van der Waals surface area contributed by atoms with Gasteiger partial charge in [-0.05, 0) is 48.4 Å². The largest absolute Gasteiger partial charge is 0.493 e. The molecule has 3 aromatic carbocycles. The monoisotopic (exact) mass is 499 g/mol. The quantitative estimate of drug-likeness (QED) is 0.142. The molecule has 0 spiro atoms. The van der Waals surface area contributed by atoms with E-state index >= 15 is 0 Å². The van der Waals surface area contributed by atoms with Crippen molar-refractivity contribution in [1.29, 1.82) is 0 Å². The van der Waals surface area contributed by atoms with Crippen LogP contribution < -0.4 is 9.47 Å². The molecule has 37 heavy (non-hydrogen) atoms. The minimum absolute atomic E-state index is 0.0855. The van der Waals surface area contributed by atoms with Crippen molar-refractivity contribution >= 4 is 12.0 Å². The van der Waals surface area contributed by atoms with Gasteiger partial charge in [0.15, 0.2) is 11.5 Å². The van der Waals surface area contributed by atoms with Gasteiger partial charge in [0.05, 0.1) is 26.5 Å². The Morgan fingerprint density at radius 1 is 0.946 bits per heavy atom. The van der Waals surface area contributed by atoms with E-state index in [1.54, 1.807) is 25.3 Å².